The number of carbonyl (C=O) groups is 1. The Kier molecular flexibility index (Phi) is 4.39. The van der Waals surface area contributed by atoms with E-state index in [2.05, 4.69) is 37.3 Å². The summed E-state index contributed by atoms with van der Waals surface area (Å²) in [7, 11) is 1.93. The molecule has 2 aromatic rings. The van der Waals surface area contributed by atoms with Crippen molar-refractivity contribution in [2.45, 2.75) is 20.4 Å². The lowest BCUT2D eigenvalue weighted by molar-refractivity contribution is 0.101. The van der Waals surface area contributed by atoms with Crippen molar-refractivity contribution in [3.05, 3.63) is 64.7 Å². The Hall–Kier alpha value is -2.60. The molecule has 0 bridgehead atoms. The number of nitrogens with zero attached hydrogens (tertiary/aromatic N) is 2. The summed E-state index contributed by atoms with van der Waals surface area (Å²) in [6.45, 7) is 4.29. The minimum Gasteiger partial charge on any atom is -0.370 e. The van der Waals surface area contributed by atoms with E-state index in [0.29, 0.717) is 17.7 Å². The van der Waals surface area contributed by atoms with Gasteiger partial charge >= 0.3 is 0 Å². The summed E-state index contributed by atoms with van der Waals surface area (Å²) in [5, 5.41) is 9.04. The molecule has 0 atom stereocenters. The Labute approximate surface area is 125 Å². The lowest BCUT2D eigenvalue weighted by atomic mass is 10.0. The average molecular weight is 278 g/mol. The zero-order valence-electron chi connectivity index (χ0n) is 12.6. The van der Waals surface area contributed by atoms with Gasteiger partial charge in [0.2, 0.25) is 0 Å². The molecule has 0 spiro atoms. The molecule has 0 saturated carbocycles. The molecule has 0 N–H and O–H groups in total. The summed E-state index contributed by atoms with van der Waals surface area (Å²) < 4.78 is 0. The molecule has 0 unspecified atom stereocenters. The van der Waals surface area contributed by atoms with Crippen LogP contribution in [0.15, 0.2) is 42.5 Å². The van der Waals surface area contributed by atoms with Gasteiger partial charge in [-0.15, -0.1) is 0 Å². The molecule has 0 fully saturated rings. The molecule has 2 rings (SSSR count). The van der Waals surface area contributed by atoms with Crippen molar-refractivity contribution in [3.63, 3.8) is 0 Å². The van der Waals surface area contributed by atoms with Crippen molar-refractivity contribution in [3.8, 4) is 6.07 Å². The number of Topliss-reactive ketones (excluding diaryl/α,β-unsaturated/α-hetero) is 1. The van der Waals surface area contributed by atoms with E-state index < -0.39 is 0 Å². The van der Waals surface area contributed by atoms with Crippen LogP contribution in [0.1, 0.15) is 34.0 Å². The van der Waals surface area contributed by atoms with E-state index in [1.165, 1.54) is 11.1 Å². The Morgan fingerprint density at radius 2 is 1.86 bits per heavy atom. The van der Waals surface area contributed by atoms with Crippen LogP contribution in [0.3, 0.4) is 0 Å². The average Bonchev–Trinajstić information content (AvgIpc) is 2.48. The predicted octanol–water partition coefficient (Wildman–Crippen LogP) is 3.71. The smallest absolute Gasteiger partial charge is 0.161 e. The first-order valence-corrected chi connectivity index (χ1v) is 6.83. The van der Waals surface area contributed by atoms with E-state index in [0.717, 1.165) is 5.69 Å². The van der Waals surface area contributed by atoms with Gasteiger partial charge < -0.3 is 4.90 Å². The Morgan fingerprint density at radius 1 is 1.19 bits per heavy atom. The molecule has 106 valence electrons. The summed E-state index contributed by atoms with van der Waals surface area (Å²) in [6, 6.07) is 15.6. The van der Waals surface area contributed by atoms with E-state index in [1.54, 1.807) is 25.1 Å². The molecule has 0 amide bonds. The van der Waals surface area contributed by atoms with Gasteiger partial charge in [0, 0.05) is 24.8 Å². The molecule has 0 aliphatic rings. The number of anilines is 1. The summed E-state index contributed by atoms with van der Waals surface area (Å²) >= 11 is 0. The number of nitriles is 1. The third-order valence-corrected chi connectivity index (χ3v) is 3.46. The second-order valence-corrected chi connectivity index (χ2v) is 5.24. The van der Waals surface area contributed by atoms with Gasteiger partial charge in [0.15, 0.2) is 5.78 Å². The van der Waals surface area contributed by atoms with Gasteiger partial charge in [0.1, 0.15) is 0 Å². The maximum absolute atomic E-state index is 11.8. The monoisotopic (exact) mass is 278 g/mol. The van der Waals surface area contributed by atoms with Crippen molar-refractivity contribution in [1.82, 2.24) is 0 Å². The van der Waals surface area contributed by atoms with Gasteiger partial charge in [-0.25, -0.2) is 0 Å². The molecule has 3 nitrogen and oxygen atoms in total. The van der Waals surface area contributed by atoms with Crippen molar-refractivity contribution in [2.75, 3.05) is 11.9 Å². The number of hydrogen-bond acceptors (Lipinski definition) is 3. The topological polar surface area (TPSA) is 44.1 Å². The molecule has 0 radical (unpaired) electrons. The maximum atomic E-state index is 11.8. The normalized spacial score (nSPS) is 10.0. The minimum absolute atomic E-state index is 0.00486. The quantitative estimate of drug-likeness (QED) is 0.801. The van der Waals surface area contributed by atoms with Crippen LogP contribution in [-0.2, 0) is 6.54 Å². The predicted molar refractivity (Wildman–Crippen MR) is 84.4 cm³/mol. The first-order valence-electron chi connectivity index (χ1n) is 6.83. The Balaban J connectivity index is 2.33. The molecule has 0 saturated heterocycles. The highest BCUT2D eigenvalue weighted by molar-refractivity contribution is 6.00. The van der Waals surface area contributed by atoms with Crippen molar-refractivity contribution < 1.29 is 4.79 Å². The summed E-state index contributed by atoms with van der Waals surface area (Å²) in [6.07, 6.45) is 0. The fourth-order valence-corrected chi connectivity index (χ4v) is 2.27. The van der Waals surface area contributed by atoms with Crippen LogP contribution < -0.4 is 4.90 Å². The minimum atomic E-state index is 0.00486. The molecule has 0 aromatic heterocycles. The van der Waals surface area contributed by atoms with Crippen LogP contribution in [0.5, 0.6) is 0 Å². The number of hydrogen-bond donors (Lipinski definition) is 0. The highest BCUT2D eigenvalue weighted by Crippen LogP contribution is 2.23. The maximum Gasteiger partial charge on any atom is 0.161 e. The first kappa shape index (κ1) is 14.8. The van der Waals surface area contributed by atoms with Gasteiger partial charge in [0.05, 0.1) is 11.6 Å². The molecule has 0 aliphatic carbocycles. The van der Waals surface area contributed by atoms with Crippen molar-refractivity contribution in [1.29, 1.82) is 5.26 Å². The lowest BCUT2D eigenvalue weighted by Crippen LogP contribution is -2.19. The number of ketones is 1. The van der Waals surface area contributed by atoms with E-state index in [4.69, 9.17) is 5.26 Å². The molecule has 0 aliphatic heterocycles. The fraction of sp³-hybridized carbons (Fsp3) is 0.222. The third kappa shape index (κ3) is 3.49. The summed E-state index contributed by atoms with van der Waals surface area (Å²) in [4.78, 5) is 13.8. The first-order chi connectivity index (χ1) is 10.0. The van der Waals surface area contributed by atoms with Crippen LogP contribution >= 0.6 is 0 Å². The molecule has 3 heteroatoms. The van der Waals surface area contributed by atoms with Gasteiger partial charge in [-0.1, -0.05) is 29.8 Å². The number of benzene rings is 2. The van der Waals surface area contributed by atoms with E-state index in [9.17, 15) is 4.79 Å². The second-order valence-electron chi connectivity index (χ2n) is 5.24. The molecule has 2 aromatic carbocycles. The number of aryl methyl sites for hydroxylation is 1. The highest BCUT2D eigenvalue weighted by atomic mass is 16.1. The van der Waals surface area contributed by atoms with Crippen LogP contribution in [-0.4, -0.2) is 12.8 Å². The number of rotatable bonds is 4. The summed E-state index contributed by atoms with van der Waals surface area (Å²) in [5.41, 5.74) is 4.38. The number of carbonyl (C=O) groups excluding carboxylic acids is 1. The van der Waals surface area contributed by atoms with Gasteiger partial charge in [-0.2, -0.15) is 5.26 Å². The lowest BCUT2D eigenvalue weighted by Gasteiger charge is -2.22. The van der Waals surface area contributed by atoms with Crippen molar-refractivity contribution >= 4 is 11.5 Å². The largest absolute Gasteiger partial charge is 0.370 e. The third-order valence-electron chi connectivity index (χ3n) is 3.46. The second kappa shape index (κ2) is 6.23. The van der Waals surface area contributed by atoms with Gasteiger partial charge in [-0.05, 0) is 37.6 Å². The van der Waals surface area contributed by atoms with E-state index in [-0.39, 0.29) is 5.78 Å². The van der Waals surface area contributed by atoms with Gasteiger partial charge in [-0.3, -0.25) is 4.79 Å². The van der Waals surface area contributed by atoms with Crippen LogP contribution in [0.25, 0.3) is 0 Å². The molecule has 0 heterocycles. The standard InChI is InChI=1S/C18H18N2O/c1-13-4-6-15(7-5-13)12-20(3)18-10-16(11-19)8-9-17(18)14(2)21/h4-10H,12H2,1-3H3. The zero-order valence-corrected chi connectivity index (χ0v) is 12.6. The van der Waals surface area contributed by atoms with Crippen LogP contribution in [0, 0.1) is 18.3 Å². The SMILES string of the molecule is CC(=O)c1ccc(C#N)cc1N(C)Cc1ccc(C)cc1. The highest BCUT2D eigenvalue weighted by Gasteiger charge is 2.12. The fourth-order valence-electron chi connectivity index (χ4n) is 2.27. The zero-order chi connectivity index (χ0) is 15.4. The van der Waals surface area contributed by atoms with E-state index >= 15 is 0 Å². The van der Waals surface area contributed by atoms with Gasteiger partial charge in [0.25, 0.3) is 0 Å². The Bertz CT molecular complexity index is 696. The molecule has 21 heavy (non-hydrogen) atoms. The molecular weight excluding hydrogens is 260 g/mol. The summed E-state index contributed by atoms with van der Waals surface area (Å²) in [5.74, 6) is 0.00486. The van der Waals surface area contributed by atoms with Crippen LogP contribution in [0.4, 0.5) is 5.69 Å². The molecular formula is C18H18N2O. The van der Waals surface area contributed by atoms with Crippen molar-refractivity contribution in [2.24, 2.45) is 0 Å². The van der Waals surface area contributed by atoms with Crippen LogP contribution in [0.2, 0.25) is 0 Å². The Morgan fingerprint density at radius 3 is 2.43 bits per heavy atom. The van der Waals surface area contributed by atoms with E-state index in [1.807, 2.05) is 11.9 Å².